The quantitative estimate of drug-likeness (QED) is 0.654. The van der Waals surface area contributed by atoms with Crippen LogP contribution in [0.25, 0.3) is 0 Å². The first kappa shape index (κ1) is 11.5. The minimum Gasteiger partial charge on any atom is -0.466 e. The Bertz CT molecular complexity index is 191. The standard InChI is InChI=1S/C11H20O3/c1-4-13-11(12)7-10-9(3)8(2)5-6-14-10/h8-10H,4-7H2,1-3H3/t8-,9+,10-/m0/s1. The summed E-state index contributed by atoms with van der Waals surface area (Å²) < 4.78 is 10.5. The van der Waals surface area contributed by atoms with Gasteiger partial charge in [-0.15, -0.1) is 0 Å². The minimum absolute atomic E-state index is 0.0535. The van der Waals surface area contributed by atoms with Crippen LogP contribution < -0.4 is 0 Å². The molecular weight excluding hydrogens is 180 g/mol. The average Bonchev–Trinajstić information content (AvgIpc) is 2.13. The van der Waals surface area contributed by atoms with Crippen molar-refractivity contribution in [2.75, 3.05) is 13.2 Å². The Kier molecular flexibility index (Phi) is 4.39. The number of carbonyl (C=O) groups is 1. The van der Waals surface area contributed by atoms with Crippen LogP contribution >= 0.6 is 0 Å². The highest BCUT2D eigenvalue weighted by atomic mass is 16.5. The van der Waals surface area contributed by atoms with Crippen LogP contribution in [-0.4, -0.2) is 25.3 Å². The first-order valence-corrected chi connectivity index (χ1v) is 5.42. The molecule has 0 spiro atoms. The average molecular weight is 200 g/mol. The summed E-state index contributed by atoms with van der Waals surface area (Å²) in [6.45, 7) is 7.41. The maximum atomic E-state index is 11.3. The Hall–Kier alpha value is -0.570. The molecule has 0 aromatic rings. The van der Waals surface area contributed by atoms with Crippen LogP contribution in [0.15, 0.2) is 0 Å². The van der Waals surface area contributed by atoms with Gasteiger partial charge in [0.15, 0.2) is 0 Å². The molecule has 0 amide bonds. The van der Waals surface area contributed by atoms with Gasteiger partial charge in [-0.25, -0.2) is 0 Å². The normalized spacial score (nSPS) is 32.6. The predicted octanol–water partition coefficient (Wildman–Crippen LogP) is 2.00. The van der Waals surface area contributed by atoms with E-state index in [0.29, 0.717) is 24.9 Å². The molecule has 3 heteroatoms. The van der Waals surface area contributed by atoms with E-state index in [1.807, 2.05) is 6.92 Å². The van der Waals surface area contributed by atoms with Gasteiger partial charge < -0.3 is 9.47 Å². The molecule has 3 nitrogen and oxygen atoms in total. The second-order valence-electron chi connectivity index (χ2n) is 4.04. The van der Waals surface area contributed by atoms with Crippen molar-refractivity contribution >= 4 is 5.97 Å². The van der Waals surface area contributed by atoms with Crippen LogP contribution in [0.3, 0.4) is 0 Å². The number of ether oxygens (including phenoxy) is 2. The lowest BCUT2D eigenvalue weighted by Gasteiger charge is -2.33. The highest BCUT2D eigenvalue weighted by molar-refractivity contribution is 5.70. The van der Waals surface area contributed by atoms with Gasteiger partial charge in [0.25, 0.3) is 0 Å². The van der Waals surface area contributed by atoms with E-state index < -0.39 is 0 Å². The first-order chi connectivity index (χ1) is 6.65. The molecule has 0 radical (unpaired) electrons. The molecule has 0 bridgehead atoms. The summed E-state index contributed by atoms with van der Waals surface area (Å²) in [5, 5.41) is 0. The number of rotatable bonds is 3. The molecular formula is C11H20O3. The molecule has 14 heavy (non-hydrogen) atoms. The Morgan fingerprint density at radius 3 is 2.86 bits per heavy atom. The molecule has 0 aliphatic carbocycles. The third kappa shape index (κ3) is 2.98. The fraction of sp³-hybridized carbons (Fsp3) is 0.909. The van der Waals surface area contributed by atoms with Crippen LogP contribution in [0, 0.1) is 11.8 Å². The third-order valence-corrected chi connectivity index (χ3v) is 3.06. The van der Waals surface area contributed by atoms with Crippen molar-refractivity contribution in [3.05, 3.63) is 0 Å². The highest BCUT2D eigenvalue weighted by Crippen LogP contribution is 2.28. The van der Waals surface area contributed by atoms with Gasteiger partial charge in [0, 0.05) is 6.61 Å². The zero-order chi connectivity index (χ0) is 10.6. The summed E-state index contributed by atoms with van der Waals surface area (Å²) in [5.74, 6) is 0.954. The van der Waals surface area contributed by atoms with E-state index in [2.05, 4.69) is 13.8 Å². The first-order valence-electron chi connectivity index (χ1n) is 5.42. The van der Waals surface area contributed by atoms with Gasteiger partial charge >= 0.3 is 5.97 Å². The van der Waals surface area contributed by atoms with Gasteiger partial charge in [0.2, 0.25) is 0 Å². The van der Waals surface area contributed by atoms with Crippen LogP contribution in [0.2, 0.25) is 0 Å². The largest absolute Gasteiger partial charge is 0.466 e. The van der Waals surface area contributed by atoms with E-state index in [-0.39, 0.29) is 12.1 Å². The summed E-state index contributed by atoms with van der Waals surface area (Å²) in [6.07, 6.45) is 1.55. The van der Waals surface area contributed by atoms with E-state index in [1.54, 1.807) is 0 Å². The number of hydrogen-bond acceptors (Lipinski definition) is 3. The molecule has 82 valence electrons. The topological polar surface area (TPSA) is 35.5 Å². The molecule has 1 aliphatic rings. The Morgan fingerprint density at radius 2 is 2.21 bits per heavy atom. The molecule has 0 N–H and O–H groups in total. The molecule has 1 fully saturated rings. The molecule has 0 aromatic heterocycles. The second kappa shape index (κ2) is 5.35. The molecule has 1 aliphatic heterocycles. The fourth-order valence-corrected chi connectivity index (χ4v) is 1.82. The Labute approximate surface area is 85.8 Å². The summed E-state index contributed by atoms with van der Waals surface area (Å²) in [4.78, 5) is 11.3. The lowest BCUT2D eigenvalue weighted by atomic mass is 9.85. The Balaban J connectivity index is 2.39. The zero-order valence-electron chi connectivity index (χ0n) is 9.29. The van der Waals surface area contributed by atoms with Crippen LogP contribution in [0.5, 0.6) is 0 Å². The van der Waals surface area contributed by atoms with Crippen molar-refractivity contribution in [1.29, 1.82) is 0 Å². The minimum atomic E-state index is -0.140. The lowest BCUT2D eigenvalue weighted by molar-refractivity contribution is -0.149. The van der Waals surface area contributed by atoms with Gasteiger partial charge in [0.1, 0.15) is 0 Å². The maximum absolute atomic E-state index is 11.3. The van der Waals surface area contributed by atoms with Gasteiger partial charge in [-0.2, -0.15) is 0 Å². The monoisotopic (exact) mass is 200 g/mol. The molecule has 1 saturated heterocycles. The zero-order valence-corrected chi connectivity index (χ0v) is 9.29. The molecule has 0 unspecified atom stereocenters. The molecule has 1 rings (SSSR count). The maximum Gasteiger partial charge on any atom is 0.308 e. The summed E-state index contributed by atoms with van der Waals surface area (Å²) in [5.41, 5.74) is 0. The van der Waals surface area contributed by atoms with E-state index in [1.165, 1.54) is 0 Å². The molecule has 0 saturated carbocycles. The Morgan fingerprint density at radius 1 is 1.50 bits per heavy atom. The van der Waals surface area contributed by atoms with Crippen molar-refractivity contribution in [1.82, 2.24) is 0 Å². The van der Waals surface area contributed by atoms with E-state index >= 15 is 0 Å². The summed E-state index contributed by atoms with van der Waals surface area (Å²) >= 11 is 0. The number of carbonyl (C=O) groups excluding carboxylic acids is 1. The van der Waals surface area contributed by atoms with E-state index in [9.17, 15) is 4.79 Å². The van der Waals surface area contributed by atoms with Crippen molar-refractivity contribution in [3.8, 4) is 0 Å². The molecule has 3 atom stereocenters. The lowest BCUT2D eigenvalue weighted by Crippen LogP contribution is -2.35. The van der Waals surface area contributed by atoms with E-state index in [4.69, 9.17) is 9.47 Å². The van der Waals surface area contributed by atoms with Gasteiger partial charge in [-0.1, -0.05) is 13.8 Å². The molecule has 0 aromatic carbocycles. The second-order valence-corrected chi connectivity index (χ2v) is 4.04. The number of esters is 1. The smallest absolute Gasteiger partial charge is 0.308 e. The van der Waals surface area contributed by atoms with Gasteiger partial charge in [0.05, 0.1) is 19.1 Å². The third-order valence-electron chi connectivity index (χ3n) is 3.06. The van der Waals surface area contributed by atoms with Gasteiger partial charge in [-0.3, -0.25) is 4.79 Å². The SMILES string of the molecule is CCOC(=O)C[C@@H]1OCC[C@H](C)[C@H]1C. The van der Waals surface area contributed by atoms with Crippen molar-refractivity contribution < 1.29 is 14.3 Å². The van der Waals surface area contributed by atoms with Crippen LogP contribution in [0.1, 0.15) is 33.6 Å². The highest BCUT2D eigenvalue weighted by Gasteiger charge is 2.29. The molecule has 1 heterocycles. The van der Waals surface area contributed by atoms with Crippen molar-refractivity contribution in [3.63, 3.8) is 0 Å². The van der Waals surface area contributed by atoms with Crippen LogP contribution in [0.4, 0.5) is 0 Å². The fourth-order valence-electron chi connectivity index (χ4n) is 1.82. The van der Waals surface area contributed by atoms with Gasteiger partial charge in [-0.05, 0) is 25.2 Å². The van der Waals surface area contributed by atoms with Crippen molar-refractivity contribution in [2.24, 2.45) is 11.8 Å². The predicted molar refractivity (Wildman–Crippen MR) is 53.9 cm³/mol. The number of hydrogen-bond donors (Lipinski definition) is 0. The van der Waals surface area contributed by atoms with E-state index in [0.717, 1.165) is 13.0 Å². The van der Waals surface area contributed by atoms with Crippen LogP contribution in [-0.2, 0) is 14.3 Å². The van der Waals surface area contributed by atoms with Crippen molar-refractivity contribution in [2.45, 2.75) is 39.7 Å². The summed E-state index contributed by atoms with van der Waals surface area (Å²) in [7, 11) is 0. The summed E-state index contributed by atoms with van der Waals surface area (Å²) in [6, 6.07) is 0.